The number of nitrogens with zero attached hydrogens (tertiary/aromatic N) is 1. The number of benzene rings is 1. The number of ether oxygens (including phenoxy) is 3. The third kappa shape index (κ3) is 6.45. The lowest BCUT2D eigenvalue weighted by Crippen LogP contribution is -2.21. The molecule has 0 spiro atoms. The average molecular weight is 393 g/mol. The molecule has 0 atom stereocenters. The van der Waals surface area contributed by atoms with Crippen molar-refractivity contribution >= 4 is 29.3 Å². The summed E-state index contributed by atoms with van der Waals surface area (Å²) in [5.41, 5.74) is 0.251. The number of pyridine rings is 1. The number of anilines is 1. The average Bonchev–Trinajstić information content (AvgIpc) is 2.66. The molecule has 0 bridgehead atoms. The van der Waals surface area contributed by atoms with Crippen molar-refractivity contribution in [3.8, 4) is 11.5 Å². The predicted octanol–water partition coefficient (Wildman–Crippen LogP) is 3.57. The first kappa shape index (κ1) is 20.5. The number of carbonyl (C=O) groups is 2. The highest BCUT2D eigenvalue weighted by Crippen LogP contribution is 2.28. The van der Waals surface area contributed by atoms with Gasteiger partial charge in [0.2, 0.25) is 0 Å². The Hall–Kier alpha value is -2.80. The van der Waals surface area contributed by atoms with Crippen molar-refractivity contribution in [2.45, 2.75) is 13.8 Å². The Kier molecular flexibility index (Phi) is 7.43. The Morgan fingerprint density at radius 1 is 1.19 bits per heavy atom. The first-order chi connectivity index (χ1) is 12.9. The molecule has 1 aromatic heterocycles. The van der Waals surface area contributed by atoms with Crippen LogP contribution in [0.5, 0.6) is 11.5 Å². The van der Waals surface area contributed by atoms with Crippen molar-refractivity contribution in [3.05, 3.63) is 47.1 Å². The summed E-state index contributed by atoms with van der Waals surface area (Å²) in [6.07, 6.45) is 1.40. The van der Waals surface area contributed by atoms with Gasteiger partial charge in [0.25, 0.3) is 5.91 Å². The Labute approximate surface area is 162 Å². The second kappa shape index (κ2) is 9.78. The molecule has 0 fully saturated rings. The molecular weight excluding hydrogens is 372 g/mol. The van der Waals surface area contributed by atoms with E-state index in [1.54, 1.807) is 24.3 Å². The smallest absolute Gasteiger partial charge is 0.338 e. The second-order valence-corrected chi connectivity index (χ2v) is 6.49. The van der Waals surface area contributed by atoms with Gasteiger partial charge in [0, 0.05) is 6.20 Å². The molecule has 8 heteroatoms. The van der Waals surface area contributed by atoms with Crippen LogP contribution in [-0.4, -0.2) is 37.2 Å². The first-order valence-corrected chi connectivity index (χ1v) is 8.66. The molecule has 0 aliphatic carbocycles. The van der Waals surface area contributed by atoms with E-state index in [9.17, 15) is 9.59 Å². The zero-order valence-corrected chi connectivity index (χ0v) is 16.1. The van der Waals surface area contributed by atoms with E-state index in [1.165, 1.54) is 19.4 Å². The van der Waals surface area contributed by atoms with Gasteiger partial charge in [0.15, 0.2) is 18.1 Å². The van der Waals surface area contributed by atoms with Crippen LogP contribution in [0.15, 0.2) is 36.5 Å². The number of amides is 1. The third-order valence-electron chi connectivity index (χ3n) is 3.30. The van der Waals surface area contributed by atoms with Crippen LogP contribution in [0.2, 0.25) is 5.02 Å². The molecule has 144 valence electrons. The van der Waals surface area contributed by atoms with Crippen LogP contribution in [0.4, 0.5) is 5.82 Å². The molecule has 1 N–H and O–H groups in total. The number of carbonyl (C=O) groups excluding carboxylic acids is 2. The lowest BCUT2D eigenvalue weighted by Gasteiger charge is -2.13. The zero-order valence-electron chi connectivity index (χ0n) is 15.3. The summed E-state index contributed by atoms with van der Waals surface area (Å²) in [4.78, 5) is 27.9. The fraction of sp³-hybridized carbons (Fsp3) is 0.316. The van der Waals surface area contributed by atoms with Crippen LogP contribution in [0.1, 0.15) is 24.2 Å². The predicted molar refractivity (Wildman–Crippen MR) is 101 cm³/mol. The molecule has 0 unspecified atom stereocenters. The highest BCUT2D eigenvalue weighted by Gasteiger charge is 2.14. The van der Waals surface area contributed by atoms with Crippen LogP contribution >= 0.6 is 11.6 Å². The maximum atomic E-state index is 12.2. The van der Waals surface area contributed by atoms with Crippen LogP contribution < -0.4 is 14.8 Å². The molecule has 0 aliphatic rings. The molecule has 0 radical (unpaired) electrons. The number of hydrogen-bond acceptors (Lipinski definition) is 6. The van der Waals surface area contributed by atoms with E-state index in [0.29, 0.717) is 34.9 Å². The van der Waals surface area contributed by atoms with Crippen LogP contribution in [0.25, 0.3) is 0 Å². The lowest BCUT2D eigenvalue weighted by molar-refractivity contribution is -0.119. The van der Waals surface area contributed by atoms with Gasteiger partial charge in [-0.3, -0.25) is 4.79 Å². The number of nitrogens with one attached hydrogen (secondary N) is 1. The van der Waals surface area contributed by atoms with E-state index in [2.05, 4.69) is 10.3 Å². The number of hydrogen-bond donors (Lipinski definition) is 1. The van der Waals surface area contributed by atoms with Crippen molar-refractivity contribution in [2.24, 2.45) is 5.92 Å². The Morgan fingerprint density at radius 2 is 1.96 bits per heavy atom. The normalized spacial score (nSPS) is 10.4. The Morgan fingerprint density at radius 3 is 2.59 bits per heavy atom. The summed E-state index contributed by atoms with van der Waals surface area (Å²) in [7, 11) is 1.49. The maximum Gasteiger partial charge on any atom is 0.338 e. The largest absolute Gasteiger partial charge is 0.493 e. The molecule has 0 aliphatic heterocycles. The van der Waals surface area contributed by atoms with Gasteiger partial charge in [-0.15, -0.1) is 0 Å². The number of aromatic nitrogens is 1. The van der Waals surface area contributed by atoms with Gasteiger partial charge < -0.3 is 19.5 Å². The summed E-state index contributed by atoms with van der Waals surface area (Å²) in [5.74, 6) is 0.459. The van der Waals surface area contributed by atoms with Gasteiger partial charge >= 0.3 is 5.97 Å². The van der Waals surface area contributed by atoms with Crippen molar-refractivity contribution in [1.82, 2.24) is 4.98 Å². The van der Waals surface area contributed by atoms with E-state index in [1.807, 2.05) is 13.8 Å². The number of rotatable bonds is 8. The van der Waals surface area contributed by atoms with Gasteiger partial charge in [-0.25, -0.2) is 9.78 Å². The number of halogens is 1. The molecule has 0 saturated carbocycles. The minimum Gasteiger partial charge on any atom is -0.493 e. The van der Waals surface area contributed by atoms with Gasteiger partial charge in [0.05, 0.1) is 24.3 Å². The van der Waals surface area contributed by atoms with E-state index in [4.69, 9.17) is 25.8 Å². The summed E-state index contributed by atoms with van der Waals surface area (Å²) in [6.45, 7) is 4.14. The highest BCUT2D eigenvalue weighted by molar-refractivity contribution is 6.30. The summed E-state index contributed by atoms with van der Waals surface area (Å²) in [5, 5.41) is 2.96. The fourth-order valence-electron chi connectivity index (χ4n) is 2.01. The molecular formula is C19H21ClN2O5. The molecule has 1 heterocycles. The highest BCUT2D eigenvalue weighted by atomic mass is 35.5. The van der Waals surface area contributed by atoms with Crippen molar-refractivity contribution < 1.29 is 23.8 Å². The van der Waals surface area contributed by atoms with Crippen molar-refractivity contribution in [3.63, 3.8) is 0 Å². The summed E-state index contributed by atoms with van der Waals surface area (Å²) in [6, 6.07) is 7.83. The lowest BCUT2D eigenvalue weighted by atomic mass is 10.2. The second-order valence-electron chi connectivity index (χ2n) is 6.06. The van der Waals surface area contributed by atoms with Gasteiger partial charge in [-0.2, -0.15) is 0 Å². The molecule has 2 aromatic rings. The van der Waals surface area contributed by atoms with Crippen molar-refractivity contribution in [2.75, 3.05) is 25.6 Å². The number of esters is 1. The van der Waals surface area contributed by atoms with Crippen LogP contribution in [0, 0.1) is 5.92 Å². The molecule has 7 nitrogen and oxygen atoms in total. The molecule has 2 rings (SSSR count). The van der Waals surface area contributed by atoms with Crippen LogP contribution in [-0.2, 0) is 9.53 Å². The summed E-state index contributed by atoms with van der Waals surface area (Å²) >= 11 is 5.73. The SMILES string of the molecule is COc1cc(C(=O)OCC(=O)Nc2ccc(Cl)cn2)ccc1OCC(C)C. The van der Waals surface area contributed by atoms with Gasteiger partial charge in [-0.05, 0) is 36.2 Å². The number of methoxy groups -OCH3 is 1. The topological polar surface area (TPSA) is 86.8 Å². The minimum atomic E-state index is -0.650. The Bertz CT molecular complexity index is 793. The quantitative estimate of drug-likeness (QED) is 0.691. The molecule has 1 aromatic carbocycles. The Balaban J connectivity index is 1.92. The molecule has 0 saturated heterocycles. The molecule has 1 amide bonds. The maximum absolute atomic E-state index is 12.2. The first-order valence-electron chi connectivity index (χ1n) is 8.28. The van der Waals surface area contributed by atoms with E-state index < -0.39 is 18.5 Å². The van der Waals surface area contributed by atoms with Crippen molar-refractivity contribution in [1.29, 1.82) is 0 Å². The van der Waals surface area contributed by atoms with E-state index in [0.717, 1.165) is 0 Å². The minimum absolute atomic E-state index is 0.251. The van der Waals surface area contributed by atoms with Gasteiger partial charge in [-0.1, -0.05) is 25.4 Å². The third-order valence-corrected chi connectivity index (χ3v) is 3.52. The standard InChI is InChI=1S/C19H21ClN2O5/c1-12(2)10-26-15-6-4-13(8-16(15)25-3)19(24)27-11-18(23)22-17-7-5-14(20)9-21-17/h4-9,12H,10-11H2,1-3H3,(H,21,22,23). The summed E-state index contributed by atoms with van der Waals surface area (Å²) < 4.78 is 15.9. The monoisotopic (exact) mass is 392 g/mol. The fourth-order valence-corrected chi connectivity index (χ4v) is 2.13. The van der Waals surface area contributed by atoms with Gasteiger partial charge in [0.1, 0.15) is 5.82 Å². The van der Waals surface area contributed by atoms with E-state index in [-0.39, 0.29) is 5.56 Å². The van der Waals surface area contributed by atoms with Crippen LogP contribution in [0.3, 0.4) is 0 Å². The molecule has 27 heavy (non-hydrogen) atoms. The van der Waals surface area contributed by atoms with E-state index >= 15 is 0 Å². The zero-order chi connectivity index (χ0) is 19.8.